The lowest BCUT2D eigenvalue weighted by Crippen LogP contribution is -1.98. The van der Waals surface area contributed by atoms with Crippen LogP contribution in [-0.4, -0.2) is 20.4 Å². The van der Waals surface area contributed by atoms with Gasteiger partial charge in [-0.15, -0.1) is 0 Å². The summed E-state index contributed by atoms with van der Waals surface area (Å²) < 4.78 is 21.5. The molecule has 0 saturated heterocycles. The molecule has 0 aliphatic rings. The molecule has 0 aromatic heterocycles. The molecule has 0 heterocycles. The molecule has 70 valence electrons. The molecule has 3 heteroatoms. The van der Waals surface area contributed by atoms with E-state index in [0.29, 0.717) is 0 Å². The van der Waals surface area contributed by atoms with E-state index in [1.165, 1.54) is 6.26 Å². The maximum absolute atomic E-state index is 10.8. The summed E-state index contributed by atoms with van der Waals surface area (Å²) in [5, 5.41) is 0. The van der Waals surface area contributed by atoms with Crippen LogP contribution in [0.4, 0.5) is 0 Å². The van der Waals surface area contributed by atoms with E-state index in [0.717, 1.165) is 5.56 Å². The zero-order chi connectivity index (χ0) is 9.73. The van der Waals surface area contributed by atoms with E-state index in [9.17, 15) is 8.42 Å². The SMILES string of the molecule is CS(=O)(=O)CC=Cc1ccccc1. The summed E-state index contributed by atoms with van der Waals surface area (Å²) in [4.78, 5) is 0. The van der Waals surface area contributed by atoms with E-state index in [-0.39, 0.29) is 5.75 Å². The number of sulfone groups is 1. The smallest absolute Gasteiger partial charge is 0.151 e. The van der Waals surface area contributed by atoms with E-state index >= 15 is 0 Å². The van der Waals surface area contributed by atoms with Gasteiger partial charge in [0.2, 0.25) is 0 Å². The Hall–Kier alpha value is -1.09. The lowest BCUT2D eigenvalue weighted by molar-refractivity contribution is 0.604. The van der Waals surface area contributed by atoms with Crippen LogP contribution in [0.25, 0.3) is 6.08 Å². The summed E-state index contributed by atoms with van der Waals surface area (Å²) >= 11 is 0. The van der Waals surface area contributed by atoms with Gasteiger partial charge in [0.25, 0.3) is 0 Å². The molecule has 0 spiro atoms. The molecule has 1 aromatic rings. The van der Waals surface area contributed by atoms with E-state index in [2.05, 4.69) is 0 Å². The average Bonchev–Trinajstić information content (AvgIpc) is 2.04. The van der Waals surface area contributed by atoms with Gasteiger partial charge < -0.3 is 0 Å². The third-order valence-electron chi connectivity index (χ3n) is 1.51. The molecule has 13 heavy (non-hydrogen) atoms. The van der Waals surface area contributed by atoms with Crippen molar-refractivity contribution in [3.63, 3.8) is 0 Å². The van der Waals surface area contributed by atoms with Gasteiger partial charge in [0, 0.05) is 6.26 Å². The average molecular weight is 196 g/mol. The first-order chi connectivity index (χ1) is 6.08. The molecule has 0 aliphatic carbocycles. The Morgan fingerprint density at radius 1 is 1.23 bits per heavy atom. The van der Waals surface area contributed by atoms with Crippen LogP contribution in [-0.2, 0) is 9.84 Å². The van der Waals surface area contributed by atoms with Gasteiger partial charge in [-0.1, -0.05) is 42.5 Å². The molecule has 1 rings (SSSR count). The molecule has 0 saturated carbocycles. The quantitative estimate of drug-likeness (QED) is 0.738. The Morgan fingerprint density at radius 3 is 2.38 bits per heavy atom. The maximum Gasteiger partial charge on any atom is 0.151 e. The van der Waals surface area contributed by atoms with Gasteiger partial charge in [-0.25, -0.2) is 8.42 Å². The first-order valence-corrected chi connectivity index (χ1v) is 6.03. The third kappa shape index (κ3) is 4.48. The van der Waals surface area contributed by atoms with Gasteiger partial charge in [0.1, 0.15) is 0 Å². The van der Waals surface area contributed by atoms with E-state index in [4.69, 9.17) is 0 Å². The monoisotopic (exact) mass is 196 g/mol. The Labute approximate surface area is 78.8 Å². The molecular weight excluding hydrogens is 184 g/mol. The van der Waals surface area contributed by atoms with Crippen molar-refractivity contribution in [2.75, 3.05) is 12.0 Å². The molecule has 0 aliphatic heterocycles. The van der Waals surface area contributed by atoms with Crippen LogP contribution in [0.2, 0.25) is 0 Å². The summed E-state index contributed by atoms with van der Waals surface area (Å²) in [6, 6.07) is 9.62. The van der Waals surface area contributed by atoms with E-state index in [1.54, 1.807) is 12.2 Å². The highest BCUT2D eigenvalue weighted by Gasteiger charge is 1.95. The minimum atomic E-state index is -2.88. The van der Waals surface area contributed by atoms with E-state index < -0.39 is 9.84 Å². The standard InChI is InChI=1S/C10H12O2S/c1-13(11,12)9-5-8-10-6-3-2-4-7-10/h2-8H,9H2,1H3. The topological polar surface area (TPSA) is 34.1 Å². The molecule has 0 atom stereocenters. The van der Waals surface area contributed by atoms with Crippen LogP contribution < -0.4 is 0 Å². The second-order valence-corrected chi connectivity index (χ2v) is 5.09. The molecule has 0 amide bonds. The first-order valence-electron chi connectivity index (χ1n) is 3.97. The zero-order valence-corrected chi connectivity index (χ0v) is 8.29. The summed E-state index contributed by atoms with van der Waals surface area (Å²) in [6.45, 7) is 0. The van der Waals surface area contributed by atoms with Gasteiger partial charge in [-0.05, 0) is 5.56 Å². The molecule has 2 nitrogen and oxygen atoms in total. The fourth-order valence-electron chi connectivity index (χ4n) is 0.923. The lowest BCUT2D eigenvalue weighted by Gasteiger charge is -1.91. The normalized spacial score (nSPS) is 12.1. The van der Waals surface area contributed by atoms with Crippen LogP contribution in [0, 0.1) is 0 Å². The van der Waals surface area contributed by atoms with Gasteiger partial charge >= 0.3 is 0 Å². The van der Waals surface area contributed by atoms with Crippen molar-refractivity contribution < 1.29 is 8.42 Å². The zero-order valence-electron chi connectivity index (χ0n) is 7.47. The summed E-state index contributed by atoms with van der Waals surface area (Å²) in [5.74, 6) is 0.0991. The molecular formula is C10H12O2S. The summed E-state index contributed by atoms with van der Waals surface area (Å²) in [6.07, 6.45) is 4.69. The molecule has 0 fully saturated rings. The van der Waals surface area contributed by atoms with Crippen LogP contribution in [0.1, 0.15) is 5.56 Å². The van der Waals surface area contributed by atoms with Gasteiger partial charge in [-0.3, -0.25) is 0 Å². The van der Waals surface area contributed by atoms with Gasteiger partial charge in [0.15, 0.2) is 9.84 Å². The predicted octanol–water partition coefficient (Wildman–Crippen LogP) is 1.74. The molecule has 0 bridgehead atoms. The lowest BCUT2D eigenvalue weighted by atomic mass is 10.2. The van der Waals surface area contributed by atoms with Crippen molar-refractivity contribution in [2.45, 2.75) is 0 Å². The van der Waals surface area contributed by atoms with Crippen molar-refractivity contribution >= 4 is 15.9 Å². The summed E-state index contributed by atoms with van der Waals surface area (Å²) in [7, 11) is -2.88. The van der Waals surface area contributed by atoms with Crippen molar-refractivity contribution in [2.24, 2.45) is 0 Å². The predicted molar refractivity (Wildman–Crippen MR) is 55.2 cm³/mol. The maximum atomic E-state index is 10.8. The summed E-state index contributed by atoms with van der Waals surface area (Å²) in [5.41, 5.74) is 1.02. The number of rotatable bonds is 3. The number of hydrogen-bond acceptors (Lipinski definition) is 2. The fourth-order valence-corrected chi connectivity index (χ4v) is 1.37. The number of hydrogen-bond donors (Lipinski definition) is 0. The second-order valence-electron chi connectivity index (χ2n) is 2.91. The molecule has 0 unspecified atom stereocenters. The highest BCUT2D eigenvalue weighted by molar-refractivity contribution is 7.90. The van der Waals surface area contributed by atoms with Crippen LogP contribution in [0.15, 0.2) is 36.4 Å². The highest BCUT2D eigenvalue weighted by atomic mass is 32.2. The minimum absolute atomic E-state index is 0.0991. The Balaban J connectivity index is 2.61. The minimum Gasteiger partial charge on any atom is -0.229 e. The Bertz CT molecular complexity index is 377. The molecule has 0 N–H and O–H groups in total. The van der Waals surface area contributed by atoms with Crippen molar-refractivity contribution in [3.8, 4) is 0 Å². The molecule has 1 aromatic carbocycles. The second kappa shape index (κ2) is 4.23. The van der Waals surface area contributed by atoms with Crippen molar-refractivity contribution in [3.05, 3.63) is 42.0 Å². The Kier molecular flexibility index (Phi) is 3.25. The largest absolute Gasteiger partial charge is 0.229 e. The first kappa shape index (κ1) is 9.99. The highest BCUT2D eigenvalue weighted by Crippen LogP contribution is 2.00. The van der Waals surface area contributed by atoms with Crippen LogP contribution in [0.3, 0.4) is 0 Å². The third-order valence-corrected chi connectivity index (χ3v) is 2.31. The van der Waals surface area contributed by atoms with Crippen LogP contribution >= 0.6 is 0 Å². The fraction of sp³-hybridized carbons (Fsp3) is 0.200. The van der Waals surface area contributed by atoms with Crippen LogP contribution in [0.5, 0.6) is 0 Å². The van der Waals surface area contributed by atoms with Crippen molar-refractivity contribution in [1.29, 1.82) is 0 Å². The van der Waals surface area contributed by atoms with E-state index in [1.807, 2.05) is 30.3 Å². The molecule has 0 radical (unpaired) electrons. The number of benzene rings is 1. The van der Waals surface area contributed by atoms with Crippen molar-refractivity contribution in [1.82, 2.24) is 0 Å². The van der Waals surface area contributed by atoms with Gasteiger partial charge in [0.05, 0.1) is 5.75 Å². The van der Waals surface area contributed by atoms with Gasteiger partial charge in [-0.2, -0.15) is 0 Å². The Morgan fingerprint density at radius 2 is 1.85 bits per heavy atom.